The summed E-state index contributed by atoms with van der Waals surface area (Å²) in [6.45, 7) is 1.58. The van der Waals surface area contributed by atoms with E-state index in [-0.39, 0.29) is 30.1 Å². The monoisotopic (exact) mass is 293 g/mol. The summed E-state index contributed by atoms with van der Waals surface area (Å²) in [5.41, 5.74) is 0.756. The highest BCUT2D eigenvalue weighted by Gasteiger charge is 2.34. The van der Waals surface area contributed by atoms with E-state index in [0.29, 0.717) is 5.75 Å². The Labute approximate surface area is 122 Å². The second kappa shape index (κ2) is 5.87. The number of para-hydroxylation sites is 2. The summed E-state index contributed by atoms with van der Waals surface area (Å²) in [6.07, 6.45) is 0. The lowest BCUT2D eigenvalue weighted by molar-refractivity contribution is -0.129. The number of anilines is 1. The van der Waals surface area contributed by atoms with Crippen molar-refractivity contribution in [3.05, 3.63) is 24.3 Å². The first-order valence-electron chi connectivity index (χ1n) is 6.04. The van der Waals surface area contributed by atoms with Crippen molar-refractivity contribution in [3.8, 4) is 5.75 Å². The van der Waals surface area contributed by atoms with Gasteiger partial charge in [-0.3, -0.25) is 19.4 Å². The molecule has 0 aromatic heterocycles. The van der Waals surface area contributed by atoms with Crippen molar-refractivity contribution in [2.75, 3.05) is 25.6 Å². The Bertz CT molecular complexity index is 562. The van der Waals surface area contributed by atoms with Crippen LogP contribution < -0.4 is 10.1 Å². The van der Waals surface area contributed by atoms with Crippen LogP contribution in [0, 0.1) is 0 Å². The van der Waals surface area contributed by atoms with Crippen molar-refractivity contribution in [2.24, 2.45) is 0 Å². The minimum atomic E-state index is -0.233. The van der Waals surface area contributed by atoms with Crippen LogP contribution >= 0.6 is 12.2 Å². The van der Waals surface area contributed by atoms with E-state index in [1.165, 1.54) is 16.7 Å². The quantitative estimate of drug-likeness (QED) is 0.841. The predicted octanol–water partition coefficient (Wildman–Crippen LogP) is 1.04. The SMILES string of the molecule is COc1ccccc1NCN1C(=O)CN(C(C)=O)C1=S. The van der Waals surface area contributed by atoms with Gasteiger partial charge in [0, 0.05) is 6.92 Å². The van der Waals surface area contributed by atoms with Crippen LogP contribution in [0.1, 0.15) is 6.92 Å². The average Bonchev–Trinajstić information content (AvgIpc) is 2.72. The molecular formula is C13H15N3O3S. The Morgan fingerprint density at radius 3 is 2.75 bits per heavy atom. The minimum absolute atomic E-state index is 0.00176. The van der Waals surface area contributed by atoms with Crippen molar-refractivity contribution in [1.82, 2.24) is 9.80 Å². The summed E-state index contributed by atoms with van der Waals surface area (Å²) in [5, 5.41) is 3.31. The van der Waals surface area contributed by atoms with E-state index in [0.717, 1.165) is 5.69 Å². The van der Waals surface area contributed by atoms with Gasteiger partial charge < -0.3 is 10.1 Å². The van der Waals surface area contributed by atoms with Gasteiger partial charge in [-0.05, 0) is 24.4 Å². The molecule has 0 radical (unpaired) electrons. The van der Waals surface area contributed by atoms with Crippen LogP contribution in [-0.2, 0) is 9.59 Å². The van der Waals surface area contributed by atoms with Crippen LogP contribution in [0.5, 0.6) is 5.75 Å². The number of amides is 2. The Balaban J connectivity index is 2.06. The van der Waals surface area contributed by atoms with Gasteiger partial charge >= 0.3 is 0 Å². The van der Waals surface area contributed by atoms with Gasteiger partial charge in [0.15, 0.2) is 5.11 Å². The summed E-state index contributed by atoms with van der Waals surface area (Å²) >= 11 is 5.13. The van der Waals surface area contributed by atoms with Gasteiger partial charge in [-0.2, -0.15) is 0 Å². The molecule has 20 heavy (non-hydrogen) atoms. The molecule has 1 aromatic rings. The van der Waals surface area contributed by atoms with Gasteiger partial charge in [0.1, 0.15) is 12.3 Å². The Morgan fingerprint density at radius 2 is 2.15 bits per heavy atom. The zero-order valence-electron chi connectivity index (χ0n) is 11.3. The Kier molecular flexibility index (Phi) is 4.19. The normalized spacial score (nSPS) is 14.7. The molecule has 0 spiro atoms. The standard InChI is InChI=1S/C13H15N3O3S/c1-9(17)15-7-12(18)16(13(15)20)8-14-10-5-3-4-6-11(10)19-2/h3-6,14H,7-8H2,1-2H3. The number of nitrogens with one attached hydrogen (secondary N) is 1. The number of nitrogens with zero attached hydrogens (tertiary/aromatic N) is 2. The van der Waals surface area contributed by atoms with Crippen molar-refractivity contribution >= 4 is 34.8 Å². The number of methoxy groups -OCH3 is 1. The van der Waals surface area contributed by atoms with Crippen LogP contribution in [0.15, 0.2) is 24.3 Å². The van der Waals surface area contributed by atoms with E-state index in [4.69, 9.17) is 17.0 Å². The van der Waals surface area contributed by atoms with E-state index in [1.807, 2.05) is 24.3 Å². The molecule has 0 aliphatic carbocycles. The van der Waals surface area contributed by atoms with Crippen molar-refractivity contribution in [2.45, 2.75) is 6.92 Å². The van der Waals surface area contributed by atoms with Gasteiger partial charge in [-0.1, -0.05) is 12.1 Å². The lowest BCUT2D eigenvalue weighted by Crippen LogP contribution is -2.37. The molecule has 106 valence electrons. The number of carbonyl (C=O) groups excluding carboxylic acids is 2. The smallest absolute Gasteiger partial charge is 0.250 e. The van der Waals surface area contributed by atoms with Crippen LogP contribution in [-0.4, -0.2) is 47.0 Å². The summed E-state index contributed by atoms with van der Waals surface area (Å²) in [4.78, 5) is 25.8. The largest absolute Gasteiger partial charge is 0.495 e. The lowest BCUT2D eigenvalue weighted by atomic mass is 10.3. The van der Waals surface area contributed by atoms with E-state index in [9.17, 15) is 9.59 Å². The molecule has 1 N–H and O–H groups in total. The first-order chi connectivity index (χ1) is 9.54. The van der Waals surface area contributed by atoms with Crippen LogP contribution in [0.3, 0.4) is 0 Å². The molecule has 7 heteroatoms. The third-order valence-electron chi connectivity index (χ3n) is 2.97. The van der Waals surface area contributed by atoms with Crippen LogP contribution in [0.25, 0.3) is 0 Å². The molecule has 1 heterocycles. The molecule has 1 saturated heterocycles. The van der Waals surface area contributed by atoms with Crippen molar-refractivity contribution < 1.29 is 14.3 Å². The van der Waals surface area contributed by atoms with Gasteiger partial charge in [0.25, 0.3) is 0 Å². The third-order valence-corrected chi connectivity index (χ3v) is 3.41. The van der Waals surface area contributed by atoms with Crippen LogP contribution in [0.2, 0.25) is 0 Å². The zero-order valence-corrected chi connectivity index (χ0v) is 12.1. The highest BCUT2D eigenvalue weighted by atomic mass is 32.1. The predicted molar refractivity (Wildman–Crippen MR) is 78.3 cm³/mol. The topological polar surface area (TPSA) is 61.9 Å². The van der Waals surface area contributed by atoms with Gasteiger partial charge in [-0.15, -0.1) is 0 Å². The summed E-state index contributed by atoms with van der Waals surface area (Å²) in [5.74, 6) is 0.240. The van der Waals surface area contributed by atoms with Gasteiger partial charge in [0.2, 0.25) is 11.8 Å². The highest BCUT2D eigenvalue weighted by molar-refractivity contribution is 7.80. The second-order valence-corrected chi connectivity index (χ2v) is 4.61. The van der Waals surface area contributed by atoms with Crippen LogP contribution in [0.4, 0.5) is 5.69 Å². The minimum Gasteiger partial charge on any atom is -0.495 e. The van der Waals surface area contributed by atoms with E-state index >= 15 is 0 Å². The molecule has 0 atom stereocenters. The summed E-state index contributed by atoms with van der Waals surface area (Å²) < 4.78 is 5.21. The third kappa shape index (κ3) is 2.72. The van der Waals surface area contributed by atoms with E-state index in [2.05, 4.69) is 5.32 Å². The molecule has 1 fully saturated rings. The molecule has 0 unspecified atom stereocenters. The number of carbonyl (C=O) groups is 2. The maximum absolute atomic E-state index is 11.8. The number of thiocarbonyl (C=S) groups is 1. The van der Waals surface area contributed by atoms with E-state index in [1.54, 1.807) is 7.11 Å². The fourth-order valence-corrected chi connectivity index (χ4v) is 2.26. The maximum atomic E-state index is 11.8. The highest BCUT2D eigenvalue weighted by Crippen LogP contribution is 2.23. The number of rotatable bonds is 4. The number of hydrogen-bond donors (Lipinski definition) is 1. The average molecular weight is 293 g/mol. The molecule has 0 saturated carbocycles. The van der Waals surface area contributed by atoms with Crippen molar-refractivity contribution in [1.29, 1.82) is 0 Å². The number of ether oxygens (including phenoxy) is 1. The number of hydrogen-bond acceptors (Lipinski definition) is 5. The molecule has 1 aromatic carbocycles. The molecule has 2 amide bonds. The molecular weight excluding hydrogens is 278 g/mol. The fraction of sp³-hybridized carbons (Fsp3) is 0.308. The molecule has 2 rings (SSSR count). The Hall–Kier alpha value is -2.15. The lowest BCUT2D eigenvalue weighted by Gasteiger charge is -2.19. The van der Waals surface area contributed by atoms with Gasteiger partial charge in [-0.25, -0.2) is 0 Å². The fourth-order valence-electron chi connectivity index (χ4n) is 1.90. The first-order valence-corrected chi connectivity index (χ1v) is 6.44. The summed E-state index contributed by atoms with van der Waals surface area (Å²) in [7, 11) is 1.57. The molecule has 1 aliphatic rings. The maximum Gasteiger partial charge on any atom is 0.250 e. The zero-order chi connectivity index (χ0) is 14.7. The molecule has 6 nitrogen and oxygen atoms in total. The summed E-state index contributed by atoms with van der Waals surface area (Å²) in [6, 6.07) is 7.36. The second-order valence-electron chi connectivity index (χ2n) is 4.24. The molecule has 0 bridgehead atoms. The molecule has 1 aliphatic heterocycles. The van der Waals surface area contributed by atoms with Crippen molar-refractivity contribution in [3.63, 3.8) is 0 Å². The van der Waals surface area contributed by atoms with Gasteiger partial charge in [0.05, 0.1) is 19.5 Å². The first kappa shape index (κ1) is 14.3. The van der Waals surface area contributed by atoms with E-state index < -0.39 is 0 Å². The number of benzene rings is 1. The Morgan fingerprint density at radius 1 is 1.45 bits per heavy atom.